The van der Waals surface area contributed by atoms with Gasteiger partial charge in [0.05, 0.1) is 20.2 Å². The Kier molecular flexibility index (Phi) is 6.06. The molecule has 0 amide bonds. The third kappa shape index (κ3) is 6.24. The number of piperidine rings is 1. The quantitative estimate of drug-likeness (QED) is 0.774. The Balaban J connectivity index is 2.50. The lowest BCUT2D eigenvalue weighted by molar-refractivity contribution is -0.143. The molecule has 1 aliphatic rings. The van der Waals surface area contributed by atoms with Gasteiger partial charge in [-0.15, -0.1) is 0 Å². The highest BCUT2D eigenvalue weighted by Gasteiger charge is 2.32. The summed E-state index contributed by atoms with van der Waals surface area (Å²) in [5.41, 5.74) is 0. The second-order valence-electron chi connectivity index (χ2n) is 4.97. The van der Waals surface area contributed by atoms with Gasteiger partial charge in [0.1, 0.15) is 0 Å². The number of methoxy groups -OCH3 is 1. The van der Waals surface area contributed by atoms with Gasteiger partial charge >= 0.3 is 12.1 Å². The third-order valence-corrected chi connectivity index (χ3v) is 3.36. The maximum atomic E-state index is 12.2. The van der Waals surface area contributed by atoms with Crippen LogP contribution in [0.25, 0.3) is 0 Å². The maximum Gasteiger partial charge on any atom is 0.401 e. The highest BCUT2D eigenvalue weighted by molar-refractivity contribution is 5.71. The Bertz CT molecular complexity index is 297. The number of carbonyl (C=O) groups is 1. The lowest BCUT2D eigenvalue weighted by atomic mass is 9.92. The van der Waals surface area contributed by atoms with E-state index in [4.69, 9.17) is 0 Å². The molecular weight excluding hydrogens is 261 g/mol. The summed E-state index contributed by atoms with van der Waals surface area (Å²) in [6, 6.07) is -0.231. The number of hydrogen-bond donors (Lipinski definition) is 1. The van der Waals surface area contributed by atoms with E-state index in [2.05, 4.69) is 10.1 Å². The average Bonchev–Trinajstić information content (AvgIpc) is 2.35. The molecule has 4 nitrogen and oxygen atoms in total. The third-order valence-electron chi connectivity index (χ3n) is 3.36. The van der Waals surface area contributed by atoms with E-state index in [1.165, 1.54) is 7.11 Å². The first-order valence-corrected chi connectivity index (χ1v) is 6.43. The zero-order chi connectivity index (χ0) is 14.5. The van der Waals surface area contributed by atoms with E-state index in [1.54, 1.807) is 0 Å². The minimum absolute atomic E-state index is 0.136. The fourth-order valence-corrected chi connectivity index (χ4v) is 2.38. The van der Waals surface area contributed by atoms with Gasteiger partial charge < -0.3 is 10.1 Å². The van der Waals surface area contributed by atoms with Gasteiger partial charge in [-0.05, 0) is 12.3 Å². The second-order valence-corrected chi connectivity index (χ2v) is 4.97. The molecule has 0 spiro atoms. The van der Waals surface area contributed by atoms with Crippen molar-refractivity contribution < 1.29 is 22.7 Å². The Morgan fingerprint density at radius 3 is 2.63 bits per heavy atom. The van der Waals surface area contributed by atoms with Crippen LogP contribution in [0.2, 0.25) is 0 Å². The standard InChI is InChI=1S/C12H21F3N2O2/c1-3-9-4-10(16-8-12(13,14)15)6-17(5-9)7-11(18)19-2/h9-10,16H,3-8H2,1-2H3. The van der Waals surface area contributed by atoms with Crippen molar-refractivity contribution in [2.45, 2.75) is 32.0 Å². The molecule has 0 aromatic heterocycles. The zero-order valence-corrected chi connectivity index (χ0v) is 11.3. The van der Waals surface area contributed by atoms with Crippen molar-refractivity contribution in [2.24, 2.45) is 5.92 Å². The molecule has 7 heteroatoms. The van der Waals surface area contributed by atoms with Crippen molar-refractivity contribution in [3.8, 4) is 0 Å². The molecule has 19 heavy (non-hydrogen) atoms. The fourth-order valence-electron chi connectivity index (χ4n) is 2.38. The van der Waals surface area contributed by atoms with Crippen LogP contribution in [0.3, 0.4) is 0 Å². The molecule has 0 bridgehead atoms. The molecule has 112 valence electrons. The van der Waals surface area contributed by atoms with Crippen LogP contribution in [-0.4, -0.2) is 56.4 Å². The smallest absolute Gasteiger partial charge is 0.401 e. The molecule has 0 saturated carbocycles. The topological polar surface area (TPSA) is 41.6 Å². The van der Waals surface area contributed by atoms with E-state index < -0.39 is 12.7 Å². The highest BCUT2D eigenvalue weighted by Crippen LogP contribution is 2.21. The number of hydrogen-bond acceptors (Lipinski definition) is 4. The van der Waals surface area contributed by atoms with E-state index >= 15 is 0 Å². The number of ether oxygens (including phenoxy) is 1. The SMILES string of the molecule is CCC1CC(NCC(F)(F)F)CN(CC(=O)OC)C1. The first-order chi connectivity index (χ1) is 8.84. The molecule has 1 heterocycles. The van der Waals surface area contributed by atoms with Gasteiger partial charge in [-0.25, -0.2) is 0 Å². The normalized spacial score (nSPS) is 25.3. The average molecular weight is 282 g/mol. The minimum atomic E-state index is -4.20. The van der Waals surface area contributed by atoms with Crippen molar-refractivity contribution in [3.05, 3.63) is 0 Å². The second kappa shape index (κ2) is 7.09. The number of nitrogens with zero attached hydrogens (tertiary/aromatic N) is 1. The first-order valence-electron chi connectivity index (χ1n) is 6.43. The van der Waals surface area contributed by atoms with E-state index in [0.717, 1.165) is 13.0 Å². The Morgan fingerprint density at radius 1 is 1.42 bits per heavy atom. The summed E-state index contributed by atoms with van der Waals surface area (Å²) in [7, 11) is 1.31. The number of alkyl halides is 3. The molecule has 1 saturated heterocycles. The van der Waals surface area contributed by atoms with Crippen molar-refractivity contribution in [2.75, 3.05) is 33.3 Å². The minimum Gasteiger partial charge on any atom is -0.468 e. The van der Waals surface area contributed by atoms with Gasteiger partial charge in [0, 0.05) is 19.1 Å². The molecule has 1 rings (SSSR count). The summed E-state index contributed by atoms with van der Waals surface area (Å²) in [5.74, 6) is -0.0459. The van der Waals surface area contributed by atoms with Crippen LogP contribution in [0.15, 0.2) is 0 Å². The molecular formula is C12H21F3N2O2. The van der Waals surface area contributed by atoms with Crippen LogP contribution in [0.1, 0.15) is 19.8 Å². The fraction of sp³-hybridized carbons (Fsp3) is 0.917. The Labute approximate surface area is 111 Å². The predicted molar refractivity (Wildman–Crippen MR) is 64.7 cm³/mol. The summed E-state index contributed by atoms with van der Waals surface area (Å²) in [6.45, 7) is 2.34. The van der Waals surface area contributed by atoms with Crippen LogP contribution in [0, 0.1) is 5.92 Å². The number of esters is 1. The number of nitrogens with one attached hydrogen (secondary N) is 1. The summed E-state index contributed by atoms with van der Waals surface area (Å²) < 4.78 is 41.2. The molecule has 2 unspecified atom stereocenters. The van der Waals surface area contributed by atoms with Gasteiger partial charge in [-0.3, -0.25) is 9.69 Å². The van der Waals surface area contributed by atoms with Crippen LogP contribution in [-0.2, 0) is 9.53 Å². The lowest BCUT2D eigenvalue weighted by Crippen LogP contribution is -2.52. The summed E-state index contributed by atoms with van der Waals surface area (Å²) >= 11 is 0. The summed E-state index contributed by atoms with van der Waals surface area (Å²) in [5, 5.41) is 2.53. The van der Waals surface area contributed by atoms with Crippen molar-refractivity contribution in [1.29, 1.82) is 0 Å². The molecule has 0 aromatic carbocycles. The van der Waals surface area contributed by atoms with E-state index in [1.807, 2.05) is 11.8 Å². The van der Waals surface area contributed by atoms with E-state index in [9.17, 15) is 18.0 Å². The summed E-state index contributed by atoms with van der Waals surface area (Å²) in [4.78, 5) is 13.1. The van der Waals surface area contributed by atoms with Gasteiger partial charge in [-0.2, -0.15) is 13.2 Å². The van der Waals surface area contributed by atoms with Crippen LogP contribution < -0.4 is 5.32 Å². The highest BCUT2D eigenvalue weighted by atomic mass is 19.4. The molecule has 1 N–H and O–H groups in total. The zero-order valence-electron chi connectivity index (χ0n) is 11.3. The van der Waals surface area contributed by atoms with E-state index in [-0.39, 0.29) is 18.6 Å². The van der Waals surface area contributed by atoms with Crippen LogP contribution >= 0.6 is 0 Å². The predicted octanol–water partition coefficient (Wildman–Crippen LogP) is 1.41. The molecule has 0 aliphatic carbocycles. The first kappa shape index (κ1) is 16.2. The largest absolute Gasteiger partial charge is 0.468 e. The number of halogens is 3. The Morgan fingerprint density at radius 2 is 2.11 bits per heavy atom. The van der Waals surface area contributed by atoms with E-state index in [0.29, 0.717) is 18.9 Å². The number of carbonyl (C=O) groups excluding carboxylic acids is 1. The summed E-state index contributed by atoms with van der Waals surface area (Å²) in [6.07, 6.45) is -2.60. The number of likely N-dealkylation sites (tertiary alicyclic amines) is 1. The Hall–Kier alpha value is -0.820. The van der Waals surface area contributed by atoms with Gasteiger partial charge in [0.15, 0.2) is 0 Å². The van der Waals surface area contributed by atoms with Crippen molar-refractivity contribution in [3.63, 3.8) is 0 Å². The molecule has 0 radical (unpaired) electrons. The van der Waals surface area contributed by atoms with Gasteiger partial charge in [-0.1, -0.05) is 13.3 Å². The monoisotopic (exact) mass is 282 g/mol. The maximum absolute atomic E-state index is 12.2. The molecule has 0 aromatic rings. The van der Waals surface area contributed by atoms with Crippen LogP contribution in [0.4, 0.5) is 13.2 Å². The number of rotatable bonds is 5. The van der Waals surface area contributed by atoms with Gasteiger partial charge in [0.2, 0.25) is 0 Å². The molecule has 1 fully saturated rings. The molecule has 2 atom stereocenters. The molecule has 1 aliphatic heterocycles. The lowest BCUT2D eigenvalue weighted by Gasteiger charge is -2.37. The van der Waals surface area contributed by atoms with Crippen LogP contribution in [0.5, 0.6) is 0 Å². The van der Waals surface area contributed by atoms with Crippen molar-refractivity contribution in [1.82, 2.24) is 10.2 Å². The van der Waals surface area contributed by atoms with Crippen molar-refractivity contribution >= 4 is 5.97 Å². The van der Waals surface area contributed by atoms with Gasteiger partial charge in [0.25, 0.3) is 0 Å².